The second-order valence-electron chi connectivity index (χ2n) is 37.4. The summed E-state index contributed by atoms with van der Waals surface area (Å²) < 4.78 is 20.0. The lowest BCUT2D eigenvalue weighted by molar-refractivity contribution is 0.517. The molecular weight excluding hydrogens is 1380 g/mol. The summed E-state index contributed by atoms with van der Waals surface area (Å²) in [5, 5.41) is 19.6. The van der Waals surface area contributed by atoms with E-state index in [0.29, 0.717) is 0 Å². The second kappa shape index (κ2) is 22.5. The molecule has 0 amide bonds. The van der Waals surface area contributed by atoms with E-state index in [4.69, 9.17) is 8.83 Å². The minimum Gasteiger partial charge on any atom is -0.456 e. The highest BCUT2D eigenvalue weighted by molar-refractivity contribution is 6.91. The molecule has 4 aliphatic heterocycles. The second-order valence-corrected chi connectivity index (χ2v) is 37.4. The molecular formula is C106H84B2N4O2. The third-order valence-corrected chi connectivity index (χ3v) is 27.0. The number of benzene rings is 16. The van der Waals surface area contributed by atoms with Crippen LogP contribution in [0.4, 0.5) is 34.1 Å². The van der Waals surface area contributed by atoms with Gasteiger partial charge in [-0.25, -0.2) is 0 Å². The van der Waals surface area contributed by atoms with Gasteiger partial charge in [0.15, 0.2) is 0 Å². The summed E-state index contributed by atoms with van der Waals surface area (Å²) in [6, 6.07) is 101. The number of para-hydroxylation sites is 5. The topological polar surface area (TPSA) is 42.6 Å². The summed E-state index contributed by atoms with van der Waals surface area (Å²) in [5.74, 6) is 0. The van der Waals surface area contributed by atoms with Gasteiger partial charge in [0.25, 0.3) is 0 Å². The largest absolute Gasteiger partial charge is 0.456 e. The molecule has 546 valence electrons. The van der Waals surface area contributed by atoms with Crippen LogP contribution < -0.4 is 31.7 Å². The minimum atomic E-state index is -0.375. The molecule has 8 heteroatoms. The van der Waals surface area contributed by atoms with Gasteiger partial charge in [0, 0.05) is 122 Å². The molecule has 0 aliphatic carbocycles. The molecule has 0 N–H and O–H groups in total. The van der Waals surface area contributed by atoms with Crippen LogP contribution in [-0.4, -0.2) is 22.7 Å². The Bertz CT molecular complexity index is 7770. The Labute approximate surface area is 663 Å². The van der Waals surface area contributed by atoms with E-state index in [2.05, 4.69) is 370 Å². The first-order valence-corrected chi connectivity index (χ1v) is 40.9. The van der Waals surface area contributed by atoms with E-state index < -0.39 is 0 Å². The molecule has 0 saturated carbocycles. The number of aryl methyl sites for hydroxylation is 2. The molecule has 0 saturated heterocycles. The van der Waals surface area contributed by atoms with Crippen LogP contribution >= 0.6 is 0 Å². The van der Waals surface area contributed by atoms with Crippen molar-refractivity contribution in [1.82, 2.24) is 8.96 Å². The average molecular weight is 1470 g/mol. The van der Waals surface area contributed by atoms with Gasteiger partial charge in [-0.15, -0.1) is 0 Å². The summed E-state index contributed by atoms with van der Waals surface area (Å²) in [6.45, 7) is 30.7. The highest BCUT2D eigenvalue weighted by Crippen LogP contribution is 2.56. The predicted molar refractivity (Wildman–Crippen MR) is 487 cm³/mol. The van der Waals surface area contributed by atoms with E-state index in [1.165, 1.54) is 198 Å². The standard InChI is InChI=1S/C106H84B2N4O2/c1-58-80-45-63-28-16-15-27-62(63)44-66(80)48-85-98(58)109(71-51-67(103(3,4)5)49-68(52-71)104(6,7)8)88-55-83-74-31-19-22-38-90(74)114-102(83)95-79-36-25-34-76-82-42-60(40-41-87(82)112(101(76)79)108(85)97(88)95)57-106(12,13)70-50-69(105(9,10)11)53-72(54-70)110-89-56-92-93(77-32-20-23-39-91(77)113-92)94-78-35-24-33-75-73-30-18-21-37-86(73)111(100(75)78)107(96(89)94)84-47-65-43-61-26-14-17-29-64(61)46-81(65)59(2)99(84)110/h14-56H,57H2,1-13H3. The molecule has 0 radical (unpaired) electrons. The monoisotopic (exact) mass is 1470 g/mol. The number of rotatable bonds is 5. The normalized spacial score (nSPS) is 14.0. The summed E-state index contributed by atoms with van der Waals surface area (Å²) in [5.41, 5.74) is 34.0. The van der Waals surface area contributed by atoms with Gasteiger partial charge in [0.1, 0.15) is 22.3 Å². The molecule has 8 heterocycles. The average Bonchev–Trinajstić information content (AvgIpc) is 1.39. The van der Waals surface area contributed by atoms with Crippen molar-refractivity contribution in [2.45, 2.75) is 118 Å². The minimum absolute atomic E-state index is 0.119. The van der Waals surface area contributed by atoms with Crippen molar-refractivity contribution in [2.24, 2.45) is 0 Å². The molecule has 4 aromatic heterocycles. The van der Waals surface area contributed by atoms with Crippen LogP contribution in [0.3, 0.4) is 0 Å². The van der Waals surface area contributed by atoms with Gasteiger partial charge in [-0.1, -0.05) is 246 Å². The van der Waals surface area contributed by atoms with E-state index in [-0.39, 0.29) is 35.4 Å². The van der Waals surface area contributed by atoms with Gasteiger partial charge in [-0.05, 0) is 236 Å². The van der Waals surface area contributed by atoms with E-state index >= 15 is 0 Å². The SMILES string of the molecule is Cc1c2c(cc3cc4ccccc4cc13)B1c3c(cc4c(oc5ccccc54)c3-c3cccc4c5cc(CC(C)(C)c6cc(N7c8cc9oc%10ccccc%10c9c9c8B(c8cc%10cc%11ccccc%11cc%10c(C)c87)n7c8ccccc8c8cccc-9c87)cc(C(C)(C)C)c6)ccc5n1c34)N2c1cc(C(C)(C)C)cc(C(C)(C)C)c1. The first-order valence-electron chi connectivity index (χ1n) is 40.9. The third-order valence-electron chi connectivity index (χ3n) is 27.0. The molecule has 4 aliphatic rings. The van der Waals surface area contributed by atoms with Gasteiger partial charge >= 0.3 is 13.7 Å². The fourth-order valence-electron chi connectivity index (χ4n) is 21.5. The lowest BCUT2D eigenvalue weighted by Crippen LogP contribution is -2.57. The Balaban J connectivity index is 0.725. The first-order chi connectivity index (χ1) is 55.0. The maximum Gasteiger partial charge on any atom is 0.333 e. The van der Waals surface area contributed by atoms with Crippen LogP contribution in [0.5, 0.6) is 0 Å². The summed E-state index contributed by atoms with van der Waals surface area (Å²) >= 11 is 0. The van der Waals surface area contributed by atoms with Gasteiger partial charge < -0.3 is 27.6 Å². The zero-order valence-electron chi connectivity index (χ0n) is 66.8. The number of hydrogen-bond donors (Lipinski definition) is 0. The van der Waals surface area contributed by atoms with Crippen LogP contribution in [0, 0.1) is 13.8 Å². The van der Waals surface area contributed by atoms with E-state index in [0.717, 1.165) is 56.3 Å². The van der Waals surface area contributed by atoms with Gasteiger partial charge in [0.05, 0.1) is 0 Å². The van der Waals surface area contributed by atoms with Crippen molar-refractivity contribution >= 4 is 200 Å². The molecule has 24 rings (SSSR count). The molecule has 6 nitrogen and oxygen atoms in total. The van der Waals surface area contributed by atoms with Crippen molar-refractivity contribution < 1.29 is 8.83 Å². The Morgan fingerprint density at radius 1 is 0.325 bits per heavy atom. The highest BCUT2D eigenvalue weighted by Gasteiger charge is 2.49. The number of furan rings is 2. The fourth-order valence-corrected chi connectivity index (χ4v) is 21.5. The van der Waals surface area contributed by atoms with Crippen molar-refractivity contribution in [3.05, 3.63) is 300 Å². The molecule has 20 aromatic rings. The lowest BCUT2D eigenvalue weighted by atomic mass is 9.44. The number of fused-ring (bicyclic) bond motifs is 26. The lowest BCUT2D eigenvalue weighted by Gasteiger charge is -2.42. The maximum absolute atomic E-state index is 7.35. The Hall–Kier alpha value is -12.5. The summed E-state index contributed by atoms with van der Waals surface area (Å²) in [4.78, 5) is 5.35. The summed E-state index contributed by atoms with van der Waals surface area (Å²) in [6.07, 6.45) is 0.792. The molecule has 0 unspecified atom stereocenters. The number of aromatic nitrogens is 2. The Morgan fingerprint density at radius 3 is 1.36 bits per heavy atom. The zero-order valence-corrected chi connectivity index (χ0v) is 66.8. The van der Waals surface area contributed by atoms with Gasteiger partial charge in [-0.2, -0.15) is 0 Å². The smallest absolute Gasteiger partial charge is 0.333 e. The number of anilines is 6. The van der Waals surface area contributed by atoms with E-state index in [1.54, 1.807) is 0 Å². The summed E-state index contributed by atoms with van der Waals surface area (Å²) in [7, 11) is 0. The quantitative estimate of drug-likeness (QED) is 0.127. The van der Waals surface area contributed by atoms with Crippen LogP contribution in [0.15, 0.2) is 270 Å². The van der Waals surface area contributed by atoms with Crippen molar-refractivity contribution in [3.63, 3.8) is 0 Å². The number of hydrogen-bond acceptors (Lipinski definition) is 4. The molecule has 0 bridgehead atoms. The fraction of sp³-hybridized carbons (Fsp3) is 0.170. The van der Waals surface area contributed by atoms with Crippen molar-refractivity contribution in [2.75, 3.05) is 9.80 Å². The maximum atomic E-state index is 7.35. The Kier molecular flexibility index (Phi) is 13.0. The van der Waals surface area contributed by atoms with Crippen molar-refractivity contribution in [3.8, 4) is 22.3 Å². The first kappa shape index (κ1) is 66.1. The van der Waals surface area contributed by atoms with Crippen LogP contribution in [0.1, 0.15) is 115 Å². The predicted octanol–water partition coefficient (Wildman–Crippen LogP) is 26.2. The van der Waals surface area contributed by atoms with Gasteiger partial charge in [-0.3, -0.25) is 0 Å². The van der Waals surface area contributed by atoms with Crippen LogP contribution in [-0.2, 0) is 28.1 Å². The molecule has 0 atom stereocenters. The van der Waals surface area contributed by atoms with E-state index in [9.17, 15) is 0 Å². The molecule has 0 spiro atoms. The van der Waals surface area contributed by atoms with Crippen LogP contribution in [0.25, 0.3) is 153 Å². The Morgan fingerprint density at radius 2 is 0.781 bits per heavy atom. The molecule has 114 heavy (non-hydrogen) atoms. The molecule has 0 fully saturated rings. The molecule has 16 aromatic carbocycles. The van der Waals surface area contributed by atoms with Crippen LogP contribution in [0.2, 0.25) is 0 Å². The third kappa shape index (κ3) is 8.94. The highest BCUT2D eigenvalue weighted by atomic mass is 16.3. The van der Waals surface area contributed by atoms with Gasteiger partial charge in [0.2, 0.25) is 0 Å². The number of nitrogens with zero attached hydrogens (tertiary/aromatic N) is 4. The zero-order chi connectivity index (χ0) is 77.0. The van der Waals surface area contributed by atoms with Crippen molar-refractivity contribution in [1.29, 1.82) is 0 Å². The van der Waals surface area contributed by atoms with E-state index in [1.807, 2.05) is 0 Å².